The molecule has 0 radical (unpaired) electrons. The van der Waals surface area contributed by atoms with Crippen molar-refractivity contribution < 1.29 is 9.90 Å². The number of aliphatic hydroxyl groups excluding tert-OH is 1. The summed E-state index contributed by atoms with van der Waals surface area (Å²) in [7, 11) is 0. The Morgan fingerprint density at radius 3 is 2.78 bits per heavy atom. The predicted octanol–water partition coefficient (Wildman–Crippen LogP) is 2.19. The van der Waals surface area contributed by atoms with Crippen molar-refractivity contribution in [2.24, 2.45) is 0 Å². The van der Waals surface area contributed by atoms with Crippen molar-refractivity contribution in [1.29, 1.82) is 0 Å². The number of carbonyl (C=O) groups is 1. The second kappa shape index (κ2) is 7.34. The van der Waals surface area contributed by atoms with Crippen LogP contribution in [0.2, 0.25) is 5.15 Å². The Labute approximate surface area is 112 Å². The van der Waals surface area contributed by atoms with Gasteiger partial charge in [0.2, 0.25) is 0 Å². The van der Waals surface area contributed by atoms with Gasteiger partial charge in [-0.1, -0.05) is 31.9 Å². The fourth-order valence-electron chi connectivity index (χ4n) is 1.61. The molecule has 1 aromatic rings. The van der Waals surface area contributed by atoms with E-state index in [9.17, 15) is 4.79 Å². The SMILES string of the molecule is CCCc1cc(C(=O)N[C@@H](CC)CO)cc(Cl)n1. The third-order valence-electron chi connectivity index (χ3n) is 2.66. The van der Waals surface area contributed by atoms with Gasteiger partial charge < -0.3 is 10.4 Å². The van der Waals surface area contributed by atoms with Crippen molar-refractivity contribution >= 4 is 17.5 Å². The Bertz CT molecular complexity index is 406. The quantitative estimate of drug-likeness (QED) is 0.779. The summed E-state index contributed by atoms with van der Waals surface area (Å²) in [5, 5.41) is 12.1. The standard InChI is InChI=1S/C13H19ClN2O2/c1-3-5-11-6-9(7-12(14)15-11)13(18)16-10(4-2)8-17/h6-7,10,17H,3-5,8H2,1-2H3,(H,16,18)/t10-/m0/s1. The van der Waals surface area contributed by atoms with E-state index >= 15 is 0 Å². The van der Waals surface area contributed by atoms with Gasteiger partial charge in [-0.3, -0.25) is 4.79 Å². The Morgan fingerprint density at radius 1 is 1.50 bits per heavy atom. The average molecular weight is 271 g/mol. The molecule has 1 rings (SSSR count). The summed E-state index contributed by atoms with van der Waals surface area (Å²) in [6, 6.07) is 3.06. The lowest BCUT2D eigenvalue weighted by Crippen LogP contribution is -2.37. The molecule has 0 unspecified atom stereocenters. The molecular weight excluding hydrogens is 252 g/mol. The summed E-state index contributed by atoms with van der Waals surface area (Å²) in [5.74, 6) is -0.224. The number of rotatable bonds is 6. The van der Waals surface area contributed by atoms with Crippen molar-refractivity contribution in [3.8, 4) is 0 Å². The van der Waals surface area contributed by atoms with Crippen molar-refractivity contribution in [3.63, 3.8) is 0 Å². The second-order valence-electron chi connectivity index (χ2n) is 4.18. The second-order valence-corrected chi connectivity index (χ2v) is 4.57. The largest absolute Gasteiger partial charge is 0.394 e. The smallest absolute Gasteiger partial charge is 0.251 e. The molecule has 100 valence electrons. The Balaban J connectivity index is 2.84. The third kappa shape index (κ3) is 4.27. The molecule has 18 heavy (non-hydrogen) atoms. The first-order chi connectivity index (χ1) is 8.60. The van der Waals surface area contributed by atoms with E-state index in [1.54, 1.807) is 12.1 Å². The summed E-state index contributed by atoms with van der Waals surface area (Å²) in [5.41, 5.74) is 1.30. The molecule has 4 nitrogen and oxygen atoms in total. The van der Waals surface area contributed by atoms with Crippen LogP contribution < -0.4 is 5.32 Å². The number of halogens is 1. The molecular formula is C13H19ClN2O2. The van der Waals surface area contributed by atoms with Crippen molar-refractivity contribution in [2.75, 3.05) is 6.61 Å². The molecule has 0 spiro atoms. The molecule has 0 aromatic carbocycles. The summed E-state index contributed by atoms with van der Waals surface area (Å²) >= 11 is 5.89. The highest BCUT2D eigenvalue weighted by molar-refractivity contribution is 6.29. The van der Waals surface area contributed by atoms with E-state index < -0.39 is 0 Å². The molecule has 2 N–H and O–H groups in total. The first kappa shape index (κ1) is 14.9. The highest BCUT2D eigenvalue weighted by Gasteiger charge is 2.13. The highest BCUT2D eigenvalue weighted by atomic mass is 35.5. The van der Waals surface area contributed by atoms with E-state index in [2.05, 4.69) is 10.3 Å². The van der Waals surface area contributed by atoms with Crippen LogP contribution in [0.25, 0.3) is 0 Å². The van der Waals surface area contributed by atoms with E-state index in [0.717, 1.165) is 18.5 Å². The maximum atomic E-state index is 12.0. The lowest BCUT2D eigenvalue weighted by atomic mass is 10.1. The van der Waals surface area contributed by atoms with Gasteiger partial charge in [0.05, 0.1) is 12.6 Å². The Hall–Kier alpha value is -1.13. The number of hydrogen-bond donors (Lipinski definition) is 2. The van der Waals surface area contributed by atoms with E-state index in [-0.39, 0.29) is 18.6 Å². The van der Waals surface area contributed by atoms with Gasteiger partial charge in [-0.2, -0.15) is 0 Å². The molecule has 0 bridgehead atoms. The number of amides is 1. The number of nitrogens with zero attached hydrogens (tertiary/aromatic N) is 1. The number of aromatic nitrogens is 1. The van der Waals surface area contributed by atoms with Crippen LogP contribution in [0.15, 0.2) is 12.1 Å². The van der Waals surface area contributed by atoms with Gasteiger partial charge in [-0.05, 0) is 25.0 Å². The van der Waals surface area contributed by atoms with Crippen LogP contribution in [0.1, 0.15) is 42.7 Å². The minimum Gasteiger partial charge on any atom is -0.394 e. The van der Waals surface area contributed by atoms with Gasteiger partial charge in [0.25, 0.3) is 5.91 Å². The zero-order chi connectivity index (χ0) is 13.5. The zero-order valence-corrected chi connectivity index (χ0v) is 11.5. The highest BCUT2D eigenvalue weighted by Crippen LogP contribution is 2.12. The van der Waals surface area contributed by atoms with Crippen molar-refractivity contribution in [2.45, 2.75) is 39.2 Å². The van der Waals surface area contributed by atoms with Crippen LogP contribution in [0.3, 0.4) is 0 Å². The molecule has 0 aliphatic carbocycles. The van der Waals surface area contributed by atoms with E-state index in [0.29, 0.717) is 17.1 Å². The lowest BCUT2D eigenvalue weighted by Gasteiger charge is -2.14. The van der Waals surface area contributed by atoms with E-state index in [1.165, 1.54) is 0 Å². The number of carbonyl (C=O) groups excluding carboxylic acids is 1. The lowest BCUT2D eigenvalue weighted by molar-refractivity contribution is 0.0914. The number of aliphatic hydroxyl groups is 1. The van der Waals surface area contributed by atoms with Gasteiger partial charge in [0.15, 0.2) is 0 Å². The van der Waals surface area contributed by atoms with Crippen LogP contribution in [-0.2, 0) is 6.42 Å². The Kier molecular flexibility index (Phi) is 6.09. The van der Waals surface area contributed by atoms with Crippen LogP contribution in [0.5, 0.6) is 0 Å². The molecule has 0 saturated carbocycles. The molecule has 0 fully saturated rings. The maximum absolute atomic E-state index is 12.0. The maximum Gasteiger partial charge on any atom is 0.251 e. The third-order valence-corrected chi connectivity index (χ3v) is 2.86. The number of aryl methyl sites for hydroxylation is 1. The van der Waals surface area contributed by atoms with E-state index in [1.807, 2.05) is 13.8 Å². The zero-order valence-electron chi connectivity index (χ0n) is 10.7. The van der Waals surface area contributed by atoms with E-state index in [4.69, 9.17) is 16.7 Å². The number of hydrogen-bond acceptors (Lipinski definition) is 3. The molecule has 1 amide bonds. The summed E-state index contributed by atoms with van der Waals surface area (Å²) in [6.45, 7) is 3.88. The summed E-state index contributed by atoms with van der Waals surface area (Å²) in [4.78, 5) is 16.1. The molecule has 0 saturated heterocycles. The van der Waals surface area contributed by atoms with Crippen LogP contribution in [-0.4, -0.2) is 28.6 Å². The fourth-order valence-corrected chi connectivity index (χ4v) is 1.84. The van der Waals surface area contributed by atoms with Crippen LogP contribution in [0.4, 0.5) is 0 Å². The van der Waals surface area contributed by atoms with Crippen LogP contribution >= 0.6 is 11.6 Å². The first-order valence-corrected chi connectivity index (χ1v) is 6.56. The average Bonchev–Trinajstić information content (AvgIpc) is 2.35. The normalized spacial score (nSPS) is 12.2. The van der Waals surface area contributed by atoms with Crippen molar-refractivity contribution in [1.82, 2.24) is 10.3 Å². The molecule has 1 atom stereocenters. The van der Waals surface area contributed by atoms with Gasteiger partial charge in [-0.25, -0.2) is 4.98 Å². The topological polar surface area (TPSA) is 62.2 Å². The van der Waals surface area contributed by atoms with Crippen LogP contribution in [0, 0.1) is 0 Å². The summed E-state index contributed by atoms with van der Waals surface area (Å²) in [6.07, 6.45) is 2.42. The fraction of sp³-hybridized carbons (Fsp3) is 0.538. The minimum atomic E-state index is -0.224. The molecule has 1 aromatic heterocycles. The van der Waals surface area contributed by atoms with Gasteiger partial charge >= 0.3 is 0 Å². The number of nitrogens with one attached hydrogen (secondary N) is 1. The number of pyridine rings is 1. The van der Waals surface area contributed by atoms with Crippen molar-refractivity contribution in [3.05, 3.63) is 28.5 Å². The molecule has 5 heteroatoms. The van der Waals surface area contributed by atoms with Gasteiger partial charge in [0, 0.05) is 11.3 Å². The first-order valence-electron chi connectivity index (χ1n) is 6.18. The monoisotopic (exact) mass is 270 g/mol. The minimum absolute atomic E-state index is 0.0666. The van der Waals surface area contributed by atoms with Gasteiger partial charge in [-0.15, -0.1) is 0 Å². The molecule has 0 aliphatic heterocycles. The predicted molar refractivity (Wildman–Crippen MR) is 71.9 cm³/mol. The Morgan fingerprint density at radius 2 is 2.22 bits per heavy atom. The summed E-state index contributed by atoms with van der Waals surface area (Å²) < 4.78 is 0. The van der Waals surface area contributed by atoms with Gasteiger partial charge in [0.1, 0.15) is 5.15 Å². The molecule has 0 aliphatic rings. The molecule has 1 heterocycles.